The number of methoxy groups -OCH3 is 3. The van der Waals surface area contributed by atoms with Crippen LogP contribution in [-0.4, -0.2) is 55.4 Å². The average Bonchev–Trinajstić information content (AvgIpc) is 2.79. The van der Waals surface area contributed by atoms with Crippen LogP contribution in [0.5, 0.6) is 0 Å². The van der Waals surface area contributed by atoms with Crippen LogP contribution >= 0.6 is 23.2 Å². The minimum Gasteiger partial charge on any atom is -0.468 e. The fourth-order valence-electron chi connectivity index (χ4n) is 3.01. The van der Waals surface area contributed by atoms with Crippen molar-refractivity contribution in [3.8, 4) is 0 Å². The van der Waals surface area contributed by atoms with Gasteiger partial charge in [-0.2, -0.15) is 0 Å². The van der Waals surface area contributed by atoms with E-state index in [1.54, 1.807) is 0 Å². The van der Waals surface area contributed by atoms with Gasteiger partial charge in [-0.1, -0.05) is 0 Å². The SMILES string of the molecule is COC(=O)[C@]1(Cl)C[C@@H]2COC(=O)[C@]2(Cl)C1(OC)OC. The molecule has 1 aliphatic carbocycles. The lowest BCUT2D eigenvalue weighted by molar-refractivity contribution is -0.239. The van der Waals surface area contributed by atoms with Crippen molar-refractivity contribution in [3.63, 3.8) is 0 Å². The molecule has 1 heterocycles. The first-order chi connectivity index (χ1) is 8.84. The number of halogens is 2. The average molecular weight is 313 g/mol. The third-order valence-corrected chi connectivity index (χ3v) is 5.16. The van der Waals surface area contributed by atoms with Crippen LogP contribution in [0.3, 0.4) is 0 Å². The molecular weight excluding hydrogens is 299 g/mol. The summed E-state index contributed by atoms with van der Waals surface area (Å²) in [6, 6.07) is 0. The highest BCUT2D eigenvalue weighted by Gasteiger charge is 2.82. The standard InChI is InChI=1S/C11H14Cl2O6/c1-16-7(14)9(12)4-6-5-19-8(15)10(6,13)11(9,17-2)18-3/h6H,4-5H2,1-3H3/t6-,9-,10+/m1/s1. The van der Waals surface area contributed by atoms with Crippen LogP contribution < -0.4 is 0 Å². The van der Waals surface area contributed by atoms with Gasteiger partial charge in [-0.3, -0.25) is 0 Å². The molecule has 6 nitrogen and oxygen atoms in total. The first kappa shape index (κ1) is 14.8. The number of hydrogen-bond acceptors (Lipinski definition) is 6. The van der Waals surface area contributed by atoms with E-state index < -0.39 is 33.4 Å². The number of esters is 2. The Kier molecular flexibility index (Phi) is 3.50. The Morgan fingerprint density at radius 2 is 1.89 bits per heavy atom. The first-order valence-corrected chi connectivity index (χ1v) is 6.33. The molecule has 108 valence electrons. The number of cyclic esters (lactones) is 1. The number of fused-ring (bicyclic) bond motifs is 1. The molecule has 0 aromatic heterocycles. The lowest BCUT2D eigenvalue weighted by Crippen LogP contribution is -2.65. The Balaban J connectivity index is 2.62. The van der Waals surface area contributed by atoms with Gasteiger partial charge in [0.25, 0.3) is 0 Å². The molecule has 8 heteroatoms. The fourth-order valence-corrected chi connectivity index (χ4v) is 4.14. The Morgan fingerprint density at radius 3 is 2.37 bits per heavy atom. The molecule has 1 aliphatic heterocycles. The molecule has 0 unspecified atom stereocenters. The summed E-state index contributed by atoms with van der Waals surface area (Å²) in [6.07, 6.45) is 0.0537. The van der Waals surface area contributed by atoms with Gasteiger partial charge in [0, 0.05) is 20.1 Å². The van der Waals surface area contributed by atoms with E-state index in [-0.39, 0.29) is 13.0 Å². The molecular formula is C11H14Cl2O6. The van der Waals surface area contributed by atoms with E-state index in [1.807, 2.05) is 0 Å². The van der Waals surface area contributed by atoms with Crippen molar-refractivity contribution in [3.05, 3.63) is 0 Å². The van der Waals surface area contributed by atoms with Crippen molar-refractivity contribution in [1.82, 2.24) is 0 Å². The summed E-state index contributed by atoms with van der Waals surface area (Å²) in [7, 11) is 3.72. The summed E-state index contributed by atoms with van der Waals surface area (Å²) in [5.41, 5.74) is 0. The molecule has 0 N–H and O–H groups in total. The van der Waals surface area contributed by atoms with Crippen LogP contribution in [0.4, 0.5) is 0 Å². The van der Waals surface area contributed by atoms with Gasteiger partial charge in [-0.15, -0.1) is 23.2 Å². The largest absolute Gasteiger partial charge is 0.468 e. The van der Waals surface area contributed by atoms with Crippen LogP contribution in [0.2, 0.25) is 0 Å². The van der Waals surface area contributed by atoms with Crippen LogP contribution in [0, 0.1) is 5.92 Å². The summed E-state index contributed by atoms with van der Waals surface area (Å²) in [6.45, 7) is 0.0578. The molecule has 0 spiro atoms. The van der Waals surface area contributed by atoms with Crippen molar-refractivity contribution < 1.29 is 28.5 Å². The molecule has 2 fully saturated rings. The van der Waals surface area contributed by atoms with Crippen LogP contribution in [-0.2, 0) is 28.5 Å². The molecule has 0 radical (unpaired) electrons. The van der Waals surface area contributed by atoms with Gasteiger partial charge >= 0.3 is 11.9 Å². The second-order valence-electron chi connectivity index (χ2n) is 4.53. The zero-order valence-corrected chi connectivity index (χ0v) is 12.2. The maximum atomic E-state index is 12.0. The molecule has 0 aromatic rings. The monoisotopic (exact) mass is 312 g/mol. The molecule has 1 saturated heterocycles. The lowest BCUT2D eigenvalue weighted by atomic mass is 9.92. The van der Waals surface area contributed by atoms with Gasteiger partial charge in [-0.25, -0.2) is 9.59 Å². The van der Waals surface area contributed by atoms with E-state index in [4.69, 9.17) is 42.1 Å². The lowest BCUT2D eigenvalue weighted by Gasteiger charge is -2.42. The van der Waals surface area contributed by atoms with Gasteiger partial charge in [0.1, 0.15) is 0 Å². The maximum absolute atomic E-state index is 12.0. The Hall–Kier alpha value is -0.560. The topological polar surface area (TPSA) is 71.1 Å². The normalized spacial score (nSPS) is 39.8. The van der Waals surface area contributed by atoms with Crippen molar-refractivity contribution >= 4 is 35.1 Å². The van der Waals surface area contributed by atoms with Gasteiger partial charge < -0.3 is 18.9 Å². The fraction of sp³-hybridized carbons (Fsp3) is 0.818. The van der Waals surface area contributed by atoms with E-state index in [9.17, 15) is 9.59 Å². The van der Waals surface area contributed by atoms with Crippen molar-refractivity contribution in [2.75, 3.05) is 27.9 Å². The molecule has 3 atom stereocenters. The summed E-state index contributed by atoms with van der Waals surface area (Å²) < 4.78 is 20.2. The van der Waals surface area contributed by atoms with Crippen LogP contribution in [0.1, 0.15) is 6.42 Å². The highest BCUT2D eigenvalue weighted by atomic mass is 35.5. The van der Waals surface area contributed by atoms with Crippen molar-refractivity contribution in [2.45, 2.75) is 22.0 Å². The van der Waals surface area contributed by atoms with Gasteiger partial charge in [0.2, 0.25) is 10.7 Å². The highest BCUT2D eigenvalue weighted by Crippen LogP contribution is 2.61. The quantitative estimate of drug-likeness (QED) is 0.433. The minimum atomic E-state index is -1.85. The van der Waals surface area contributed by atoms with E-state index in [0.717, 1.165) is 0 Å². The third kappa shape index (κ3) is 1.46. The van der Waals surface area contributed by atoms with E-state index in [1.165, 1.54) is 21.3 Å². The Labute approximate surface area is 120 Å². The smallest absolute Gasteiger partial charge is 0.333 e. The number of carbonyl (C=O) groups is 2. The number of ether oxygens (including phenoxy) is 4. The van der Waals surface area contributed by atoms with Crippen LogP contribution in [0.25, 0.3) is 0 Å². The zero-order valence-electron chi connectivity index (χ0n) is 10.7. The van der Waals surface area contributed by atoms with Gasteiger partial charge in [0.05, 0.1) is 13.7 Å². The third-order valence-electron chi connectivity index (χ3n) is 3.89. The molecule has 19 heavy (non-hydrogen) atoms. The van der Waals surface area contributed by atoms with Crippen LogP contribution in [0.15, 0.2) is 0 Å². The van der Waals surface area contributed by atoms with E-state index in [0.29, 0.717) is 0 Å². The Morgan fingerprint density at radius 1 is 1.32 bits per heavy atom. The number of hydrogen-bond donors (Lipinski definition) is 0. The number of carbonyl (C=O) groups excluding carboxylic acids is 2. The predicted molar refractivity (Wildman–Crippen MR) is 65.0 cm³/mol. The second kappa shape index (κ2) is 4.48. The predicted octanol–water partition coefficient (Wildman–Crippen LogP) is 0.680. The molecule has 2 aliphatic rings. The van der Waals surface area contributed by atoms with E-state index in [2.05, 4.69) is 0 Å². The minimum absolute atomic E-state index is 0.0537. The first-order valence-electron chi connectivity index (χ1n) is 5.57. The molecule has 2 rings (SSSR count). The van der Waals surface area contributed by atoms with Crippen molar-refractivity contribution in [1.29, 1.82) is 0 Å². The summed E-state index contributed by atoms with van der Waals surface area (Å²) in [5.74, 6) is -3.83. The van der Waals surface area contributed by atoms with Gasteiger partial charge in [0.15, 0.2) is 4.87 Å². The number of alkyl halides is 2. The molecule has 0 amide bonds. The summed E-state index contributed by atoms with van der Waals surface area (Å²) in [4.78, 5) is 20.6. The van der Waals surface area contributed by atoms with Gasteiger partial charge in [-0.05, 0) is 6.42 Å². The molecule has 0 bridgehead atoms. The maximum Gasteiger partial charge on any atom is 0.333 e. The van der Waals surface area contributed by atoms with E-state index >= 15 is 0 Å². The molecule has 0 aromatic carbocycles. The summed E-state index contributed by atoms with van der Waals surface area (Å²) in [5, 5.41) is 0. The second-order valence-corrected chi connectivity index (χ2v) is 5.77. The Bertz CT molecular complexity index is 423. The molecule has 1 saturated carbocycles. The summed E-state index contributed by atoms with van der Waals surface area (Å²) >= 11 is 12.8. The number of rotatable bonds is 3. The van der Waals surface area contributed by atoms with Crippen molar-refractivity contribution in [2.24, 2.45) is 5.92 Å². The zero-order chi connectivity index (χ0) is 14.5. The highest BCUT2D eigenvalue weighted by molar-refractivity contribution is 6.41.